The molecule has 2 aromatic carbocycles. The molecular weight excluding hydrogens is 293 g/mol. The van der Waals surface area contributed by atoms with Crippen LogP contribution in [0.4, 0.5) is 5.69 Å². The van der Waals surface area contributed by atoms with Crippen molar-refractivity contribution in [3.8, 4) is 11.5 Å². The molecule has 2 aromatic rings. The first kappa shape index (κ1) is 13.3. The predicted octanol–water partition coefficient (Wildman–Crippen LogP) is 5.33. The first-order valence-electron chi connectivity index (χ1n) is 5.16. The highest BCUT2D eigenvalue weighted by Gasteiger charge is 2.11. The molecule has 2 rings (SSSR count). The van der Waals surface area contributed by atoms with Crippen molar-refractivity contribution in [2.75, 3.05) is 5.73 Å². The van der Waals surface area contributed by atoms with Crippen LogP contribution in [0.1, 0.15) is 5.56 Å². The zero-order valence-corrected chi connectivity index (χ0v) is 11.8. The average molecular weight is 303 g/mol. The van der Waals surface area contributed by atoms with Gasteiger partial charge in [0.2, 0.25) is 0 Å². The van der Waals surface area contributed by atoms with E-state index in [-0.39, 0.29) is 0 Å². The molecule has 0 saturated carbocycles. The largest absolute Gasteiger partial charge is 0.454 e. The van der Waals surface area contributed by atoms with Crippen LogP contribution in [0.2, 0.25) is 15.1 Å². The van der Waals surface area contributed by atoms with Crippen LogP contribution >= 0.6 is 34.8 Å². The Hall–Kier alpha value is -1.09. The Labute approximate surface area is 120 Å². The zero-order chi connectivity index (χ0) is 13.3. The van der Waals surface area contributed by atoms with E-state index in [1.165, 1.54) is 0 Å². The van der Waals surface area contributed by atoms with E-state index < -0.39 is 0 Å². The first-order chi connectivity index (χ1) is 8.47. The molecule has 94 valence electrons. The average Bonchev–Trinajstić information content (AvgIpc) is 2.25. The molecule has 0 spiro atoms. The van der Waals surface area contributed by atoms with E-state index >= 15 is 0 Å². The highest BCUT2D eigenvalue weighted by atomic mass is 35.5. The van der Waals surface area contributed by atoms with Crippen molar-refractivity contribution in [1.82, 2.24) is 0 Å². The maximum Gasteiger partial charge on any atom is 0.164 e. The third-order valence-electron chi connectivity index (χ3n) is 2.37. The lowest BCUT2D eigenvalue weighted by molar-refractivity contribution is 0.479. The summed E-state index contributed by atoms with van der Waals surface area (Å²) in [6.45, 7) is 1.89. The van der Waals surface area contributed by atoms with Crippen molar-refractivity contribution < 1.29 is 4.74 Å². The van der Waals surface area contributed by atoms with Crippen molar-refractivity contribution >= 4 is 40.5 Å². The number of nitrogen functional groups attached to an aromatic ring is 1. The number of aryl methyl sites for hydroxylation is 1. The van der Waals surface area contributed by atoms with Gasteiger partial charge in [-0.25, -0.2) is 0 Å². The Bertz CT molecular complexity index is 576. The maximum absolute atomic E-state index is 6.05. The van der Waals surface area contributed by atoms with E-state index in [9.17, 15) is 0 Å². The highest BCUT2D eigenvalue weighted by molar-refractivity contribution is 6.37. The fraction of sp³-hybridized carbons (Fsp3) is 0.0769. The van der Waals surface area contributed by atoms with E-state index in [2.05, 4.69) is 0 Å². The van der Waals surface area contributed by atoms with E-state index in [0.717, 1.165) is 5.56 Å². The second kappa shape index (κ2) is 5.27. The molecule has 0 bridgehead atoms. The highest BCUT2D eigenvalue weighted by Crippen LogP contribution is 2.39. The summed E-state index contributed by atoms with van der Waals surface area (Å²) in [7, 11) is 0. The van der Waals surface area contributed by atoms with Gasteiger partial charge in [0.25, 0.3) is 0 Å². The lowest BCUT2D eigenvalue weighted by Crippen LogP contribution is -1.92. The van der Waals surface area contributed by atoms with E-state index in [4.69, 9.17) is 45.3 Å². The minimum atomic E-state index is 0.370. The molecule has 18 heavy (non-hydrogen) atoms. The second-order valence-electron chi connectivity index (χ2n) is 3.83. The second-order valence-corrected chi connectivity index (χ2v) is 5.08. The SMILES string of the molecule is Cc1cc(Cl)ccc1Oc1c(Cl)cc(N)cc1Cl. The summed E-state index contributed by atoms with van der Waals surface area (Å²) in [6.07, 6.45) is 0. The Morgan fingerprint density at radius 1 is 1.00 bits per heavy atom. The number of ether oxygens (including phenoxy) is 1. The molecular formula is C13H10Cl3NO. The van der Waals surface area contributed by atoms with Gasteiger partial charge in [-0.15, -0.1) is 0 Å². The summed E-state index contributed by atoms with van der Waals surface area (Å²) < 4.78 is 5.70. The first-order valence-corrected chi connectivity index (χ1v) is 6.29. The van der Waals surface area contributed by atoms with Gasteiger partial charge in [-0.05, 0) is 42.8 Å². The predicted molar refractivity (Wildman–Crippen MR) is 77.1 cm³/mol. The van der Waals surface area contributed by atoms with Crippen LogP contribution in [-0.4, -0.2) is 0 Å². The van der Waals surface area contributed by atoms with Gasteiger partial charge >= 0.3 is 0 Å². The molecule has 2 nitrogen and oxygen atoms in total. The molecule has 0 aromatic heterocycles. The van der Waals surface area contributed by atoms with Gasteiger partial charge in [0.15, 0.2) is 5.75 Å². The summed E-state index contributed by atoms with van der Waals surface area (Å²) in [5.41, 5.74) is 7.02. The van der Waals surface area contributed by atoms with Gasteiger partial charge in [-0.1, -0.05) is 34.8 Å². The smallest absolute Gasteiger partial charge is 0.164 e. The Balaban J connectivity index is 2.40. The third-order valence-corrected chi connectivity index (χ3v) is 3.17. The molecule has 0 amide bonds. The Morgan fingerprint density at radius 3 is 2.17 bits per heavy atom. The standard InChI is InChI=1S/C13H10Cl3NO/c1-7-4-8(14)2-3-12(7)18-13-10(15)5-9(17)6-11(13)16/h2-6H,17H2,1H3. The minimum Gasteiger partial charge on any atom is -0.454 e. The van der Waals surface area contributed by atoms with E-state index in [0.29, 0.717) is 32.3 Å². The fourth-order valence-electron chi connectivity index (χ4n) is 1.51. The van der Waals surface area contributed by atoms with Crippen molar-refractivity contribution in [2.45, 2.75) is 6.92 Å². The van der Waals surface area contributed by atoms with Crippen LogP contribution in [0.15, 0.2) is 30.3 Å². The van der Waals surface area contributed by atoms with Crippen molar-refractivity contribution in [3.05, 3.63) is 51.0 Å². The number of hydrogen-bond donors (Lipinski definition) is 1. The van der Waals surface area contributed by atoms with Gasteiger partial charge < -0.3 is 10.5 Å². The Morgan fingerprint density at radius 2 is 1.61 bits per heavy atom. The van der Waals surface area contributed by atoms with Crippen LogP contribution in [0.25, 0.3) is 0 Å². The molecule has 0 fully saturated rings. The lowest BCUT2D eigenvalue weighted by Gasteiger charge is -2.12. The molecule has 0 aliphatic rings. The number of benzene rings is 2. The molecule has 0 saturated heterocycles. The molecule has 0 aliphatic heterocycles. The summed E-state index contributed by atoms with van der Waals surface area (Å²) in [5, 5.41) is 1.39. The van der Waals surface area contributed by atoms with E-state index in [1.54, 1.807) is 30.3 Å². The van der Waals surface area contributed by atoms with Crippen molar-refractivity contribution in [1.29, 1.82) is 0 Å². The zero-order valence-electron chi connectivity index (χ0n) is 9.51. The Kier molecular flexibility index (Phi) is 3.91. The summed E-state index contributed by atoms with van der Waals surface area (Å²) >= 11 is 18.0. The quantitative estimate of drug-likeness (QED) is 0.761. The fourth-order valence-corrected chi connectivity index (χ4v) is 2.32. The molecule has 0 unspecified atom stereocenters. The van der Waals surface area contributed by atoms with Gasteiger partial charge in [0.05, 0.1) is 10.0 Å². The monoisotopic (exact) mass is 301 g/mol. The van der Waals surface area contributed by atoms with Crippen molar-refractivity contribution in [3.63, 3.8) is 0 Å². The maximum atomic E-state index is 6.05. The van der Waals surface area contributed by atoms with Gasteiger partial charge in [0.1, 0.15) is 5.75 Å². The molecule has 0 radical (unpaired) electrons. The van der Waals surface area contributed by atoms with Crippen molar-refractivity contribution in [2.24, 2.45) is 0 Å². The summed E-state index contributed by atoms with van der Waals surface area (Å²) in [5.74, 6) is 1.03. The minimum absolute atomic E-state index is 0.370. The topological polar surface area (TPSA) is 35.2 Å². The molecule has 0 aliphatic carbocycles. The molecule has 5 heteroatoms. The van der Waals surface area contributed by atoms with Crippen LogP contribution in [-0.2, 0) is 0 Å². The molecule has 0 atom stereocenters. The summed E-state index contributed by atoms with van der Waals surface area (Å²) in [6, 6.07) is 8.49. The lowest BCUT2D eigenvalue weighted by atomic mass is 10.2. The van der Waals surface area contributed by atoms with Gasteiger partial charge in [0, 0.05) is 10.7 Å². The number of nitrogens with two attached hydrogens (primary N) is 1. The molecule has 0 heterocycles. The number of anilines is 1. The summed E-state index contributed by atoms with van der Waals surface area (Å²) in [4.78, 5) is 0. The van der Waals surface area contributed by atoms with Crippen LogP contribution in [0.5, 0.6) is 11.5 Å². The normalized spacial score (nSPS) is 10.4. The van der Waals surface area contributed by atoms with Crippen LogP contribution in [0, 0.1) is 6.92 Å². The van der Waals surface area contributed by atoms with Crippen LogP contribution in [0.3, 0.4) is 0 Å². The van der Waals surface area contributed by atoms with Gasteiger partial charge in [-0.3, -0.25) is 0 Å². The number of halogens is 3. The van der Waals surface area contributed by atoms with E-state index in [1.807, 2.05) is 6.92 Å². The third kappa shape index (κ3) is 2.83. The van der Waals surface area contributed by atoms with Gasteiger partial charge in [-0.2, -0.15) is 0 Å². The number of rotatable bonds is 2. The number of hydrogen-bond acceptors (Lipinski definition) is 2. The van der Waals surface area contributed by atoms with Crippen LogP contribution < -0.4 is 10.5 Å². The molecule has 2 N–H and O–H groups in total.